The van der Waals surface area contributed by atoms with E-state index in [4.69, 9.17) is 5.73 Å². The number of hydrogen-bond donors (Lipinski definition) is 1. The lowest BCUT2D eigenvalue weighted by atomic mass is 10.1. The van der Waals surface area contributed by atoms with Gasteiger partial charge >= 0.3 is 0 Å². The maximum Gasteiger partial charge on any atom is 0.147 e. The SMILES string of the molecule is CN(CCc1ccccc1)c1cncc(CN)n1. The van der Waals surface area contributed by atoms with Gasteiger partial charge in [0.05, 0.1) is 11.9 Å². The third-order valence-electron chi connectivity index (χ3n) is 2.85. The lowest BCUT2D eigenvalue weighted by Gasteiger charge is -2.18. The molecule has 0 fully saturated rings. The molecule has 0 aliphatic heterocycles. The van der Waals surface area contributed by atoms with Gasteiger partial charge in [0.15, 0.2) is 0 Å². The summed E-state index contributed by atoms with van der Waals surface area (Å²) in [5.74, 6) is 0.869. The van der Waals surface area contributed by atoms with E-state index in [1.807, 2.05) is 13.1 Å². The van der Waals surface area contributed by atoms with Crippen LogP contribution in [0.15, 0.2) is 42.7 Å². The van der Waals surface area contributed by atoms with Gasteiger partial charge in [0.1, 0.15) is 5.82 Å². The summed E-state index contributed by atoms with van der Waals surface area (Å²) in [7, 11) is 2.02. The highest BCUT2D eigenvalue weighted by atomic mass is 15.2. The molecule has 0 saturated heterocycles. The molecule has 18 heavy (non-hydrogen) atoms. The third kappa shape index (κ3) is 3.28. The van der Waals surface area contributed by atoms with Crippen molar-refractivity contribution >= 4 is 5.82 Å². The number of aromatic nitrogens is 2. The van der Waals surface area contributed by atoms with Crippen molar-refractivity contribution in [1.82, 2.24) is 9.97 Å². The second-order valence-electron chi connectivity index (χ2n) is 4.23. The fourth-order valence-electron chi connectivity index (χ4n) is 1.73. The van der Waals surface area contributed by atoms with Crippen molar-refractivity contribution in [3.8, 4) is 0 Å². The summed E-state index contributed by atoms with van der Waals surface area (Å²) in [5, 5.41) is 0. The number of anilines is 1. The van der Waals surface area contributed by atoms with E-state index in [1.165, 1.54) is 5.56 Å². The Morgan fingerprint density at radius 1 is 1.17 bits per heavy atom. The van der Waals surface area contributed by atoms with Crippen LogP contribution in [0.3, 0.4) is 0 Å². The summed E-state index contributed by atoms with van der Waals surface area (Å²) in [6.07, 6.45) is 4.46. The van der Waals surface area contributed by atoms with E-state index in [0.29, 0.717) is 6.54 Å². The zero-order valence-corrected chi connectivity index (χ0v) is 10.6. The second-order valence-corrected chi connectivity index (χ2v) is 4.23. The summed E-state index contributed by atoms with van der Waals surface area (Å²) in [6.45, 7) is 1.33. The predicted octanol–water partition coefficient (Wildman–Crippen LogP) is 1.61. The van der Waals surface area contributed by atoms with Crippen LogP contribution in [0.2, 0.25) is 0 Å². The molecular weight excluding hydrogens is 224 g/mol. The van der Waals surface area contributed by atoms with Crippen molar-refractivity contribution in [3.05, 3.63) is 54.0 Å². The molecule has 0 spiro atoms. The number of hydrogen-bond acceptors (Lipinski definition) is 4. The highest BCUT2D eigenvalue weighted by molar-refractivity contribution is 5.35. The first-order valence-electron chi connectivity index (χ1n) is 6.05. The van der Waals surface area contributed by atoms with Crippen LogP contribution in [0, 0.1) is 0 Å². The Morgan fingerprint density at radius 3 is 2.67 bits per heavy atom. The molecule has 4 heteroatoms. The van der Waals surface area contributed by atoms with E-state index in [2.05, 4.69) is 39.1 Å². The molecular formula is C14H18N4. The van der Waals surface area contributed by atoms with Gasteiger partial charge in [0, 0.05) is 26.3 Å². The molecule has 4 nitrogen and oxygen atoms in total. The molecule has 0 amide bonds. The first-order valence-corrected chi connectivity index (χ1v) is 6.05. The molecule has 0 aliphatic carbocycles. The van der Waals surface area contributed by atoms with Gasteiger partial charge in [0.25, 0.3) is 0 Å². The Kier molecular flexibility index (Phi) is 4.25. The molecule has 0 atom stereocenters. The van der Waals surface area contributed by atoms with Crippen molar-refractivity contribution in [3.63, 3.8) is 0 Å². The number of likely N-dealkylation sites (N-methyl/N-ethyl adjacent to an activating group) is 1. The summed E-state index contributed by atoms with van der Waals surface area (Å²) in [6, 6.07) is 10.4. The summed E-state index contributed by atoms with van der Waals surface area (Å²) in [4.78, 5) is 10.7. The first-order chi connectivity index (χ1) is 8.79. The average Bonchev–Trinajstić information content (AvgIpc) is 2.46. The van der Waals surface area contributed by atoms with Crippen LogP contribution in [0.5, 0.6) is 0 Å². The Morgan fingerprint density at radius 2 is 1.94 bits per heavy atom. The fourth-order valence-corrected chi connectivity index (χ4v) is 1.73. The minimum absolute atomic E-state index is 0.424. The number of benzene rings is 1. The van der Waals surface area contributed by atoms with E-state index >= 15 is 0 Å². The maximum atomic E-state index is 5.56. The lowest BCUT2D eigenvalue weighted by Crippen LogP contribution is -2.22. The van der Waals surface area contributed by atoms with Crippen molar-refractivity contribution in [2.75, 3.05) is 18.5 Å². The van der Waals surface area contributed by atoms with E-state index in [0.717, 1.165) is 24.5 Å². The Hall–Kier alpha value is -1.94. The Balaban J connectivity index is 1.97. The van der Waals surface area contributed by atoms with Crippen molar-refractivity contribution in [1.29, 1.82) is 0 Å². The van der Waals surface area contributed by atoms with Crippen LogP contribution in [-0.2, 0) is 13.0 Å². The molecule has 0 unspecified atom stereocenters. The van der Waals surface area contributed by atoms with Gasteiger partial charge in [0.2, 0.25) is 0 Å². The highest BCUT2D eigenvalue weighted by Gasteiger charge is 2.04. The van der Waals surface area contributed by atoms with Gasteiger partial charge in [-0.25, -0.2) is 4.98 Å². The van der Waals surface area contributed by atoms with Crippen molar-refractivity contribution < 1.29 is 0 Å². The fraction of sp³-hybridized carbons (Fsp3) is 0.286. The Bertz CT molecular complexity index is 484. The van der Waals surface area contributed by atoms with Crippen LogP contribution >= 0.6 is 0 Å². The summed E-state index contributed by atoms with van der Waals surface area (Å²) in [5.41, 5.74) is 7.71. The van der Waals surface area contributed by atoms with Gasteiger partial charge in [-0.2, -0.15) is 0 Å². The molecule has 1 heterocycles. The molecule has 2 rings (SSSR count). The first kappa shape index (κ1) is 12.5. The lowest BCUT2D eigenvalue weighted by molar-refractivity contribution is 0.840. The maximum absolute atomic E-state index is 5.56. The van der Waals surface area contributed by atoms with Crippen LogP contribution in [0.4, 0.5) is 5.82 Å². The number of nitrogens with zero attached hydrogens (tertiary/aromatic N) is 3. The average molecular weight is 242 g/mol. The molecule has 1 aromatic heterocycles. The summed E-state index contributed by atoms with van der Waals surface area (Å²) >= 11 is 0. The number of nitrogens with two attached hydrogens (primary N) is 1. The molecule has 0 bridgehead atoms. The second kappa shape index (κ2) is 6.12. The van der Waals surface area contributed by atoms with Gasteiger partial charge in [-0.1, -0.05) is 30.3 Å². The van der Waals surface area contributed by atoms with Crippen molar-refractivity contribution in [2.24, 2.45) is 5.73 Å². The highest BCUT2D eigenvalue weighted by Crippen LogP contribution is 2.09. The van der Waals surface area contributed by atoms with E-state index in [9.17, 15) is 0 Å². The molecule has 0 aliphatic rings. The quantitative estimate of drug-likeness (QED) is 0.865. The van der Waals surface area contributed by atoms with Crippen LogP contribution in [0.1, 0.15) is 11.3 Å². The normalized spacial score (nSPS) is 10.3. The molecule has 0 saturated carbocycles. The Labute approximate surface area is 107 Å². The van der Waals surface area contributed by atoms with Crippen LogP contribution in [-0.4, -0.2) is 23.6 Å². The molecule has 94 valence electrons. The van der Waals surface area contributed by atoms with Crippen LogP contribution in [0.25, 0.3) is 0 Å². The third-order valence-corrected chi connectivity index (χ3v) is 2.85. The molecule has 0 radical (unpaired) electrons. The van der Waals surface area contributed by atoms with Gasteiger partial charge < -0.3 is 10.6 Å². The topological polar surface area (TPSA) is 55.0 Å². The smallest absolute Gasteiger partial charge is 0.147 e. The number of rotatable bonds is 5. The minimum atomic E-state index is 0.424. The molecule has 2 aromatic rings. The monoisotopic (exact) mass is 242 g/mol. The van der Waals surface area contributed by atoms with Crippen LogP contribution < -0.4 is 10.6 Å². The molecule has 2 N–H and O–H groups in total. The largest absolute Gasteiger partial charge is 0.358 e. The van der Waals surface area contributed by atoms with E-state index in [1.54, 1.807) is 12.4 Å². The van der Waals surface area contributed by atoms with Gasteiger partial charge in [-0.15, -0.1) is 0 Å². The van der Waals surface area contributed by atoms with Gasteiger partial charge in [-0.3, -0.25) is 4.98 Å². The van der Waals surface area contributed by atoms with Gasteiger partial charge in [-0.05, 0) is 12.0 Å². The summed E-state index contributed by atoms with van der Waals surface area (Å²) < 4.78 is 0. The predicted molar refractivity (Wildman–Crippen MR) is 73.3 cm³/mol. The molecule has 1 aromatic carbocycles. The zero-order valence-electron chi connectivity index (χ0n) is 10.6. The standard InChI is InChI=1S/C14H18N4/c1-18(8-7-12-5-3-2-4-6-12)14-11-16-10-13(9-15)17-14/h2-6,10-11H,7-9,15H2,1H3. The van der Waals surface area contributed by atoms with E-state index in [-0.39, 0.29) is 0 Å². The minimum Gasteiger partial charge on any atom is -0.358 e. The zero-order chi connectivity index (χ0) is 12.8. The van der Waals surface area contributed by atoms with E-state index < -0.39 is 0 Å². The van der Waals surface area contributed by atoms with Crippen molar-refractivity contribution in [2.45, 2.75) is 13.0 Å².